The van der Waals surface area contributed by atoms with E-state index in [0.717, 1.165) is 16.5 Å². The van der Waals surface area contributed by atoms with E-state index < -0.39 is 18.0 Å². The number of piperidine rings is 1. The molecule has 0 aliphatic carbocycles. The average Bonchev–Trinajstić information content (AvgIpc) is 2.78. The molecule has 0 saturated carbocycles. The first-order chi connectivity index (χ1) is 15.3. The number of carboxylic acids is 1. The number of carbonyl (C=O) groups is 2. The van der Waals surface area contributed by atoms with Crippen LogP contribution in [-0.4, -0.2) is 46.1 Å². The van der Waals surface area contributed by atoms with E-state index in [1.807, 2.05) is 24.3 Å². The maximum absolute atomic E-state index is 12.8. The quantitative estimate of drug-likeness (QED) is 0.637. The molecular weight excluding hydrogens is 404 g/mol. The van der Waals surface area contributed by atoms with Crippen molar-refractivity contribution in [2.24, 2.45) is 5.92 Å². The molecule has 2 aromatic carbocycles. The van der Waals surface area contributed by atoms with Gasteiger partial charge in [0.25, 0.3) is 5.91 Å². The minimum atomic E-state index is -0.851. The fraction of sp³-hybridized carbons (Fsp3) is 0.346. The lowest BCUT2D eigenvalue weighted by Gasteiger charge is -2.32. The molecule has 2 heterocycles. The standard InChI is InChI=1S/C26H28N2O4/c1-16-6-4-7-17(2)24(16)22-11-12-27-23-14-20(9-10-21(22)23)32-18(3)25(29)28-13-5-8-19(15-28)26(30)31/h4,6-7,9-12,14,18-19H,5,8,13,15H2,1-3H3,(H,30,31)/t18?,19-/m0/s1. The van der Waals surface area contributed by atoms with Crippen LogP contribution >= 0.6 is 0 Å². The van der Waals surface area contributed by atoms with Crippen molar-refractivity contribution in [2.45, 2.75) is 39.7 Å². The first-order valence-corrected chi connectivity index (χ1v) is 11.0. The monoisotopic (exact) mass is 432 g/mol. The molecule has 1 unspecified atom stereocenters. The van der Waals surface area contributed by atoms with Gasteiger partial charge < -0.3 is 14.7 Å². The molecule has 1 aliphatic heterocycles. The zero-order valence-corrected chi connectivity index (χ0v) is 18.7. The molecule has 4 rings (SSSR count). The first kappa shape index (κ1) is 21.8. The van der Waals surface area contributed by atoms with E-state index in [9.17, 15) is 14.7 Å². The highest BCUT2D eigenvalue weighted by atomic mass is 16.5. The third-order valence-electron chi connectivity index (χ3n) is 6.21. The van der Waals surface area contributed by atoms with E-state index in [2.05, 4.69) is 37.0 Å². The maximum Gasteiger partial charge on any atom is 0.308 e. The Morgan fingerprint density at radius 1 is 1.16 bits per heavy atom. The Morgan fingerprint density at radius 2 is 1.91 bits per heavy atom. The molecule has 0 bridgehead atoms. The summed E-state index contributed by atoms with van der Waals surface area (Å²) in [4.78, 5) is 30.3. The number of rotatable bonds is 5. The summed E-state index contributed by atoms with van der Waals surface area (Å²) in [7, 11) is 0. The van der Waals surface area contributed by atoms with Gasteiger partial charge in [0.05, 0.1) is 11.4 Å². The topological polar surface area (TPSA) is 79.7 Å². The normalized spacial score (nSPS) is 17.2. The van der Waals surface area contributed by atoms with Gasteiger partial charge in [0, 0.05) is 30.7 Å². The molecule has 1 N–H and O–H groups in total. The molecule has 166 valence electrons. The summed E-state index contributed by atoms with van der Waals surface area (Å²) >= 11 is 0. The largest absolute Gasteiger partial charge is 0.481 e. The van der Waals surface area contributed by atoms with Crippen LogP contribution in [0.25, 0.3) is 22.0 Å². The predicted molar refractivity (Wildman–Crippen MR) is 124 cm³/mol. The average molecular weight is 433 g/mol. The number of hydrogen-bond acceptors (Lipinski definition) is 4. The van der Waals surface area contributed by atoms with Crippen LogP contribution in [0.4, 0.5) is 0 Å². The van der Waals surface area contributed by atoms with E-state index in [4.69, 9.17) is 4.74 Å². The molecule has 3 aromatic rings. The zero-order chi connectivity index (χ0) is 22.8. The molecule has 1 amide bonds. The lowest BCUT2D eigenvalue weighted by atomic mass is 9.93. The highest BCUT2D eigenvalue weighted by molar-refractivity contribution is 5.96. The Labute approximate surface area is 187 Å². The third kappa shape index (κ3) is 4.31. The summed E-state index contributed by atoms with van der Waals surface area (Å²) in [5.74, 6) is -0.978. The van der Waals surface area contributed by atoms with Crippen LogP contribution in [0.15, 0.2) is 48.7 Å². The number of aliphatic carboxylic acids is 1. The summed E-state index contributed by atoms with van der Waals surface area (Å²) in [6.45, 7) is 6.72. The van der Waals surface area contributed by atoms with E-state index in [1.54, 1.807) is 18.0 Å². The van der Waals surface area contributed by atoms with Gasteiger partial charge in [-0.3, -0.25) is 14.6 Å². The second-order valence-electron chi connectivity index (χ2n) is 8.53. The van der Waals surface area contributed by atoms with E-state index in [0.29, 0.717) is 25.1 Å². The highest BCUT2D eigenvalue weighted by Crippen LogP contribution is 2.34. The molecule has 1 fully saturated rings. The van der Waals surface area contributed by atoms with Gasteiger partial charge in [0.2, 0.25) is 0 Å². The second kappa shape index (κ2) is 8.99. The molecule has 0 radical (unpaired) electrons. The minimum Gasteiger partial charge on any atom is -0.481 e. The van der Waals surface area contributed by atoms with Crippen LogP contribution in [0.1, 0.15) is 30.9 Å². The number of fused-ring (bicyclic) bond motifs is 1. The van der Waals surface area contributed by atoms with Gasteiger partial charge >= 0.3 is 5.97 Å². The molecule has 6 heteroatoms. The van der Waals surface area contributed by atoms with Crippen LogP contribution in [0, 0.1) is 19.8 Å². The number of likely N-dealkylation sites (tertiary alicyclic amines) is 1. The number of aryl methyl sites for hydroxylation is 2. The number of nitrogens with zero attached hydrogens (tertiary/aromatic N) is 2. The van der Waals surface area contributed by atoms with Gasteiger partial charge in [0.1, 0.15) is 5.75 Å². The van der Waals surface area contributed by atoms with Crippen LogP contribution in [0.2, 0.25) is 0 Å². The van der Waals surface area contributed by atoms with Crippen LogP contribution in [0.5, 0.6) is 5.75 Å². The Hall–Kier alpha value is -3.41. The van der Waals surface area contributed by atoms with Gasteiger partial charge in [-0.15, -0.1) is 0 Å². The van der Waals surface area contributed by atoms with Crippen molar-refractivity contribution < 1.29 is 19.4 Å². The van der Waals surface area contributed by atoms with Crippen molar-refractivity contribution in [1.29, 1.82) is 0 Å². The Bertz CT molecular complexity index is 1150. The van der Waals surface area contributed by atoms with Crippen molar-refractivity contribution in [3.8, 4) is 16.9 Å². The molecule has 1 saturated heterocycles. The molecule has 0 spiro atoms. The van der Waals surface area contributed by atoms with Crippen LogP contribution in [0.3, 0.4) is 0 Å². The summed E-state index contributed by atoms with van der Waals surface area (Å²) in [5.41, 5.74) is 5.53. The van der Waals surface area contributed by atoms with Crippen LogP contribution in [-0.2, 0) is 9.59 Å². The second-order valence-corrected chi connectivity index (χ2v) is 8.53. The predicted octanol–water partition coefficient (Wildman–Crippen LogP) is 4.61. The fourth-order valence-corrected chi connectivity index (χ4v) is 4.55. The van der Waals surface area contributed by atoms with Gasteiger partial charge in [-0.25, -0.2) is 0 Å². The lowest BCUT2D eigenvalue weighted by molar-refractivity contribution is -0.147. The molecule has 6 nitrogen and oxygen atoms in total. The summed E-state index contributed by atoms with van der Waals surface area (Å²) in [6, 6.07) is 14.0. The SMILES string of the molecule is Cc1cccc(C)c1-c1ccnc2cc(OC(C)C(=O)N3CCC[C@H](C(=O)O)C3)ccc12. The van der Waals surface area contributed by atoms with Crippen molar-refractivity contribution >= 4 is 22.8 Å². The van der Waals surface area contributed by atoms with Crippen molar-refractivity contribution in [3.05, 3.63) is 59.8 Å². The van der Waals surface area contributed by atoms with Crippen molar-refractivity contribution in [3.63, 3.8) is 0 Å². The zero-order valence-electron chi connectivity index (χ0n) is 18.7. The maximum atomic E-state index is 12.8. The fourth-order valence-electron chi connectivity index (χ4n) is 4.55. The summed E-state index contributed by atoms with van der Waals surface area (Å²) in [5, 5.41) is 10.3. The molecular formula is C26H28N2O4. The molecule has 2 atom stereocenters. The molecule has 1 aliphatic rings. The number of hydrogen-bond donors (Lipinski definition) is 1. The van der Waals surface area contributed by atoms with E-state index in [1.165, 1.54) is 16.7 Å². The van der Waals surface area contributed by atoms with Crippen molar-refractivity contribution in [1.82, 2.24) is 9.88 Å². The number of carbonyl (C=O) groups excluding carboxylic acids is 1. The number of ether oxygens (including phenoxy) is 1. The Morgan fingerprint density at radius 3 is 2.62 bits per heavy atom. The van der Waals surface area contributed by atoms with E-state index >= 15 is 0 Å². The summed E-state index contributed by atoms with van der Waals surface area (Å²) < 4.78 is 5.95. The van der Waals surface area contributed by atoms with Gasteiger partial charge in [0.15, 0.2) is 6.10 Å². The molecule has 32 heavy (non-hydrogen) atoms. The number of amides is 1. The number of aromatic nitrogens is 1. The smallest absolute Gasteiger partial charge is 0.308 e. The first-order valence-electron chi connectivity index (χ1n) is 11.0. The lowest BCUT2D eigenvalue weighted by Crippen LogP contribution is -2.47. The third-order valence-corrected chi connectivity index (χ3v) is 6.21. The van der Waals surface area contributed by atoms with Gasteiger partial charge in [-0.1, -0.05) is 18.2 Å². The Kier molecular flexibility index (Phi) is 6.12. The Balaban J connectivity index is 1.56. The van der Waals surface area contributed by atoms with Crippen molar-refractivity contribution in [2.75, 3.05) is 13.1 Å². The number of pyridine rings is 1. The number of benzene rings is 2. The highest BCUT2D eigenvalue weighted by Gasteiger charge is 2.31. The van der Waals surface area contributed by atoms with Gasteiger partial charge in [-0.2, -0.15) is 0 Å². The minimum absolute atomic E-state index is 0.187. The van der Waals surface area contributed by atoms with E-state index in [-0.39, 0.29) is 12.5 Å². The number of carboxylic acid groups (broad SMARTS) is 1. The van der Waals surface area contributed by atoms with Crippen LogP contribution < -0.4 is 4.74 Å². The van der Waals surface area contributed by atoms with Gasteiger partial charge in [-0.05, 0) is 74.1 Å². The summed E-state index contributed by atoms with van der Waals surface area (Å²) in [6.07, 6.45) is 2.38. The molecule has 1 aromatic heterocycles.